The molecular formula is C21H27F3N4O5S. The van der Waals surface area contributed by atoms with E-state index in [1.54, 1.807) is 30.3 Å². The summed E-state index contributed by atoms with van der Waals surface area (Å²) in [5.74, 6) is -0.0136. The summed E-state index contributed by atoms with van der Waals surface area (Å²) >= 11 is 0. The van der Waals surface area contributed by atoms with Crippen molar-refractivity contribution in [3.63, 3.8) is 0 Å². The largest absolute Gasteiger partial charge is 0.484 e. The second-order valence-corrected chi connectivity index (χ2v) is 8.21. The maximum atomic E-state index is 12.4. The van der Waals surface area contributed by atoms with Gasteiger partial charge < -0.3 is 19.9 Å². The summed E-state index contributed by atoms with van der Waals surface area (Å²) in [6.45, 7) is 4.83. The van der Waals surface area contributed by atoms with Crippen LogP contribution in [0.3, 0.4) is 0 Å². The van der Waals surface area contributed by atoms with Gasteiger partial charge in [0.1, 0.15) is 5.75 Å². The quantitative estimate of drug-likeness (QED) is 0.363. The highest BCUT2D eigenvalue weighted by Crippen LogP contribution is 2.23. The van der Waals surface area contributed by atoms with E-state index in [2.05, 4.69) is 26.3 Å². The number of rotatable bonds is 7. The van der Waals surface area contributed by atoms with Crippen LogP contribution in [0.4, 0.5) is 13.2 Å². The van der Waals surface area contributed by atoms with Gasteiger partial charge in [0.15, 0.2) is 6.61 Å². The number of aliphatic hydroxyl groups excluding tert-OH is 2. The number of benzene rings is 1. The molecule has 1 aromatic carbocycles. The Morgan fingerprint density at radius 2 is 1.82 bits per heavy atom. The van der Waals surface area contributed by atoms with E-state index in [4.69, 9.17) is 14.9 Å². The highest BCUT2D eigenvalue weighted by atomic mass is 32.2. The first kappa shape index (κ1) is 29.0. The molecule has 34 heavy (non-hydrogen) atoms. The van der Waals surface area contributed by atoms with E-state index in [1.807, 2.05) is 6.92 Å². The molecule has 0 unspecified atom stereocenters. The zero-order valence-corrected chi connectivity index (χ0v) is 19.4. The van der Waals surface area contributed by atoms with Gasteiger partial charge in [-0.15, -0.1) is 6.58 Å². The molecule has 4 N–H and O–H groups in total. The van der Waals surface area contributed by atoms with Gasteiger partial charge >= 0.3 is 6.18 Å². The lowest BCUT2D eigenvalue weighted by molar-refractivity contribution is -0.153. The van der Waals surface area contributed by atoms with Crippen LogP contribution < -0.4 is 9.46 Å². The standard InChI is InChI=1S/C16H15F3N4O3S.C3H6.C2H6O2/c1-10-13(20-7-6-14(10)26-9-16(17,18)19)8-21-27(24,25)15-22-11-4-2-3-5-12(11)23-15;1-3-2;3-1-2-4/h2-7,21H,8-9H2,1H3,(H,22,23);3H,1H2,2H3;3-4H,1-2H2. The Morgan fingerprint density at radius 3 is 2.38 bits per heavy atom. The topological polar surface area (TPSA) is 137 Å². The first-order valence-electron chi connectivity index (χ1n) is 9.86. The van der Waals surface area contributed by atoms with Crippen LogP contribution >= 0.6 is 0 Å². The number of alkyl halides is 3. The summed E-state index contributed by atoms with van der Waals surface area (Å²) < 4.78 is 68.8. The van der Waals surface area contributed by atoms with Gasteiger partial charge in [-0.25, -0.2) is 18.1 Å². The average Bonchev–Trinajstić information content (AvgIpc) is 3.23. The number of sulfonamides is 1. The van der Waals surface area contributed by atoms with Crippen molar-refractivity contribution in [3.8, 4) is 5.75 Å². The van der Waals surface area contributed by atoms with E-state index in [0.717, 1.165) is 0 Å². The molecule has 0 amide bonds. The number of ether oxygens (including phenoxy) is 1. The van der Waals surface area contributed by atoms with E-state index in [1.165, 1.54) is 19.2 Å². The zero-order chi connectivity index (χ0) is 25.8. The Morgan fingerprint density at radius 1 is 1.21 bits per heavy atom. The van der Waals surface area contributed by atoms with Gasteiger partial charge in [0, 0.05) is 11.8 Å². The van der Waals surface area contributed by atoms with Crippen LogP contribution in [0.25, 0.3) is 11.0 Å². The Kier molecular flexibility index (Phi) is 11.7. The molecule has 0 saturated carbocycles. The number of halogens is 3. The van der Waals surface area contributed by atoms with Crippen molar-refractivity contribution in [2.45, 2.75) is 31.7 Å². The number of allylic oxidation sites excluding steroid dienone is 1. The highest BCUT2D eigenvalue weighted by Gasteiger charge is 2.29. The van der Waals surface area contributed by atoms with E-state index >= 15 is 0 Å². The van der Waals surface area contributed by atoms with Crippen molar-refractivity contribution in [2.24, 2.45) is 0 Å². The second-order valence-electron chi connectivity index (χ2n) is 6.52. The smallest absolute Gasteiger partial charge is 0.422 e. The van der Waals surface area contributed by atoms with Gasteiger partial charge in [-0.1, -0.05) is 18.2 Å². The third-order valence-corrected chi connectivity index (χ3v) is 5.03. The number of aliphatic hydroxyl groups is 2. The number of H-pyrrole nitrogens is 1. The minimum Gasteiger partial charge on any atom is -0.484 e. The number of aromatic amines is 1. The maximum absolute atomic E-state index is 12.4. The van der Waals surface area contributed by atoms with Crippen LogP contribution in [0.2, 0.25) is 0 Å². The summed E-state index contributed by atoms with van der Waals surface area (Å²) in [5.41, 5.74) is 1.62. The molecule has 2 aromatic heterocycles. The lowest BCUT2D eigenvalue weighted by Gasteiger charge is -2.13. The first-order valence-corrected chi connectivity index (χ1v) is 11.3. The summed E-state index contributed by atoms with van der Waals surface area (Å²) in [4.78, 5) is 10.7. The molecule has 0 fully saturated rings. The average molecular weight is 505 g/mol. The van der Waals surface area contributed by atoms with Crippen LogP contribution in [0.1, 0.15) is 18.2 Å². The number of nitrogens with one attached hydrogen (secondary N) is 2. The number of imidazole rings is 1. The fourth-order valence-corrected chi connectivity index (χ4v) is 3.27. The zero-order valence-electron chi connectivity index (χ0n) is 18.6. The third-order valence-electron chi connectivity index (χ3n) is 3.80. The van der Waals surface area contributed by atoms with E-state index in [0.29, 0.717) is 16.6 Å². The summed E-state index contributed by atoms with van der Waals surface area (Å²) in [7, 11) is -3.96. The molecule has 13 heteroatoms. The molecule has 0 aliphatic heterocycles. The van der Waals surface area contributed by atoms with Crippen molar-refractivity contribution in [1.82, 2.24) is 19.7 Å². The normalized spacial score (nSPS) is 11.1. The number of hydrogen-bond donors (Lipinski definition) is 4. The monoisotopic (exact) mass is 504 g/mol. The molecule has 188 valence electrons. The Bertz CT molecular complexity index is 1120. The van der Waals surface area contributed by atoms with Crippen LogP contribution in [-0.4, -0.2) is 59.6 Å². The second kappa shape index (κ2) is 13.6. The van der Waals surface area contributed by atoms with Crippen molar-refractivity contribution in [3.05, 3.63) is 60.4 Å². The van der Waals surface area contributed by atoms with Crippen molar-refractivity contribution in [1.29, 1.82) is 0 Å². The molecule has 3 aromatic rings. The lowest BCUT2D eigenvalue weighted by atomic mass is 10.2. The van der Waals surface area contributed by atoms with E-state index < -0.39 is 22.8 Å². The molecule has 9 nitrogen and oxygen atoms in total. The molecule has 2 heterocycles. The molecule has 0 spiro atoms. The highest BCUT2D eigenvalue weighted by molar-refractivity contribution is 7.89. The number of hydrogen-bond acceptors (Lipinski definition) is 7. The van der Waals surface area contributed by atoms with Crippen LogP contribution in [0.5, 0.6) is 5.75 Å². The maximum Gasteiger partial charge on any atom is 0.422 e. The predicted octanol–water partition coefficient (Wildman–Crippen LogP) is 2.85. The molecule has 0 aliphatic rings. The van der Waals surface area contributed by atoms with Crippen molar-refractivity contribution >= 4 is 21.1 Å². The van der Waals surface area contributed by atoms with Gasteiger partial charge in [0.05, 0.1) is 36.5 Å². The number of fused-ring (bicyclic) bond motifs is 1. The molecule has 0 atom stereocenters. The lowest BCUT2D eigenvalue weighted by Crippen LogP contribution is -2.25. The van der Waals surface area contributed by atoms with Gasteiger partial charge in [-0.2, -0.15) is 13.2 Å². The molecule has 0 aliphatic carbocycles. The predicted molar refractivity (Wildman–Crippen MR) is 121 cm³/mol. The molecule has 0 saturated heterocycles. The minimum atomic E-state index is -4.47. The number of para-hydroxylation sites is 2. The Hall–Kier alpha value is -3.00. The molecule has 0 radical (unpaired) electrons. The van der Waals surface area contributed by atoms with Crippen LogP contribution in [0, 0.1) is 6.92 Å². The van der Waals surface area contributed by atoms with Gasteiger partial charge in [0.2, 0.25) is 5.16 Å². The SMILES string of the molecule is C=CC.Cc1c(OCC(F)(F)F)ccnc1CNS(=O)(=O)c1nc2ccccc2[nH]1.OCCO. The molecule has 0 bridgehead atoms. The number of nitrogens with zero attached hydrogens (tertiary/aromatic N) is 2. The van der Waals surface area contributed by atoms with E-state index in [-0.39, 0.29) is 36.4 Å². The molecular weight excluding hydrogens is 477 g/mol. The van der Waals surface area contributed by atoms with Gasteiger partial charge in [0.25, 0.3) is 10.0 Å². The summed E-state index contributed by atoms with van der Waals surface area (Å²) in [5, 5.41) is 15.0. The van der Waals surface area contributed by atoms with Crippen molar-refractivity contribution < 1.29 is 36.5 Å². The van der Waals surface area contributed by atoms with Crippen LogP contribution in [-0.2, 0) is 16.6 Å². The molecule has 3 rings (SSSR count). The summed E-state index contributed by atoms with van der Waals surface area (Å²) in [6, 6.07) is 8.11. The van der Waals surface area contributed by atoms with Gasteiger partial charge in [-0.3, -0.25) is 4.98 Å². The number of pyridine rings is 1. The minimum absolute atomic E-state index is 0.0136. The fourth-order valence-electron chi connectivity index (χ4n) is 2.34. The Labute approximate surface area is 195 Å². The fraction of sp³-hybridized carbons (Fsp3) is 0.333. The first-order chi connectivity index (χ1) is 16.0. The van der Waals surface area contributed by atoms with E-state index in [9.17, 15) is 21.6 Å². The number of aromatic nitrogens is 3. The van der Waals surface area contributed by atoms with Gasteiger partial charge in [-0.05, 0) is 32.0 Å². The third kappa shape index (κ3) is 9.47. The van der Waals surface area contributed by atoms with Crippen LogP contribution in [0.15, 0.2) is 54.3 Å². The summed E-state index contributed by atoms with van der Waals surface area (Å²) in [6.07, 6.45) is -1.47. The van der Waals surface area contributed by atoms with Crippen molar-refractivity contribution in [2.75, 3.05) is 19.8 Å². The Balaban J connectivity index is 0.000000732.